The van der Waals surface area contributed by atoms with Gasteiger partial charge in [-0.3, -0.25) is 0 Å². The molecule has 11 heavy (non-hydrogen) atoms. The van der Waals surface area contributed by atoms with Crippen molar-refractivity contribution in [2.45, 2.75) is 0 Å². The first kappa shape index (κ1) is 13.3. The first-order chi connectivity index (χ1) is 4.20. The summed E-state index contributed by atoms with van der Waals surface area (Å²) >= 11 is 0. The molecule has 0 radical (unpaired) electrons. The van der Waals surface area contributed by atoms with Crippen molar-refractivity contribution in [3.05, 3.63) is 24.8 Å². The molecule has 6 heteroatoms. The number of hydrogen-bond acceptors (Lipinski definition) is 4. The molecule has 0 aliphatic carbocycles. The van der Waals surface area contributed by atoms with Crippen LogP contribution < -0.4 is 42.8 Å². The molecule has 0 bridgehead atoms. The summed E-state index contributed by atoms with van der Waals surface area (Å²) < 4.78 is 4.48. The molecule has 0 atom stereocenters. The number of aromatic nitrogens is 1. The summed E-state index contributed by atoms with van der Waals surface area (Å²) in [5.41, 5.74) is -0.222. The first-order valence-corrected chi connectivity index (χ1v) is 2.19. The van der Waals surface area contributed by atoms with Gasteiger partial charge in [0.2, 0.25) is 0 Å². The molecule has 1 heterocycles. The molecule has 0 aliphatic heterocycles. The maximum atomic E-state index is 9.95. The van der Waals surface area contributed by atoms with Crippen molar-refractivity contribution in [3.63, 3.8) is 0 Å². The van der Waals surface area contributed by atoms with E-state index < -0.39 is 5.97 Å². The van der Waals surface area contributed by atoms with E-state index in [4.69, 9.17) is 0 Å². The van der Waals surface area contributed by atoms with Crippen LogP contribution in [0.5, 0.6) is 0 Å². The Kier molecular flexibility index (Phi) is 6.55. The van der Waals surface area contributed by atoms with Crippen LogP contribution >= 0.6 is 0 Å². The number of carboxylic acid groups (broad SMARTS) is 1. The molecule has 1 aromatic heterocycles. The Morgan fingerprint density at radius 1 is 1.64 bits per heavy atom. The fraction of sp³-hybridized carbons (Fsp3) is 0. The summed E-state index contributed by atoms with van der Waals surface area (Å²) in [4.78, 5) is 13.3. The van der Waals surface area contributed by atoms with Crippen LogP contribution in [-0.4, -0.2) is 11.0 Å². The topological polar surface area (TPSA) is 66.2 Å². The van der Waals surface area contributed by atoms with Gasteiger partial charge in [0.05, 0.1) is 11.9 Å². The van der Waals surface area contributed by atoms with E-state index >= 15 is 0 Å². The molecule has 0 N–H and O–H groups in total. The Morgan fingerprint density at radius 2 is 2.18 bits per heavy atom. The van der Waals surface area contributed by atoms with Gasteiger partial charge in [0.25, 0.3) is 0 Å². The third-order valence-electron chi connectivity index (χ3n) is 0.761. The fourth-order valence-corrected chi connectivity index (χ4v) is 0.405. The zero-order valence-corrected chi connectivity index (χ0v) is 6.46. The number of oxazole rings is 1. The monoisotopic (exact) mass is 139 g/mol. The van der Waals surface area contributed by atoms with Crippen LogP contribution in [0.25, 0.3) is 0 Å². The number of aromatic carboxylic acids is 1. The summed E-state index contributed by atoms with van der Waals surface area (Å²) in [6.07, 6.45) is 0.984. The van der Waals surface area contributed by atoms with Crippen molar-refractivity contribution in [3.8, 4) is 0 Å². The van der Waals surface area contributed by atoms with Gasteiger partial charge in [-0.25, -0.2) is 4.98 Å². The molecule has 48 valence electrons. The normalized spacial score (nSPS) is 7.64. The van der Waals surface area contributed by atoms with Gasteiger partial charge in [-0.15, -0.1) is 0 Å². The minimum absolute atomic E-state index is 0. The summed E-state index contributed by atoms with van der Waals surface area (Å²) in [5, 5.41) is 9.95. The summed E-state index contributed by atoms with van der Waals surface area (Å²) in [6, 6.07) is 0. The van der Waals surface area contributed by atoms with Gasteiger partial charge in [0.15, 0.2) is 0 Å². The van der Waals surface area contributed by atoms with Crippen LogP contribution in [-0.2, 0) is 0 Å². The second kappa shape index (κ2) is 5.40. The van der Waals surface area contributed by atoms with E-state index in [1.807, 2.05) is 0 Å². The Hall–Kier alpha value is -0.255. The van der Waals surface area contributed by atoms with E-state index in [0.29, 0.717) is 0 Å². The van der Waals surface area contributed by atoms with E-state index in [9.17, 15) is 9.90 Å². The second-order valence-corrected chi connectivity index (χ2v) is 1.41. The molecule has 4 nitrogen and oxygen atoms in total. The molecular formula is C5H3Li2NO3. The third kappa shape index (κ3) is 3.60. The summed E-state index contributed by atoms with van der Waals surface area (Å²) in [5.74, 6) is -1.28. The molecule has 0 saturated heterocycles. The van der Waals surface area contributed by atoms with E-state index in [-0.39, 0.29) is 49.3 Å². The van der Waals surface area contributed by atoms with Crippen LogP contribution in [0.3, 0.4) is 0 Å². The average molecular weight is 139 g/mol. The zero-order valence-electron chi connectivity index (χ0n) is 6.46. The van der Waals surface area contributed by atoms with Gasteiger partial charge in [-0.2, -0.15) is 0 Å². The van der Waals surface area contributed by atoms with E-state index in [0.717, 1.165) is 6.26 Å². The number of carboxylic acids is 1. The molecular weight excluding hydrogens is 136 g/mol. The molecule has 1 aromatic rings. The van der Waals surface area contributed by atoms with Crippen LogP contribution in [0.15, 0.2) is 10.7 Å². The Labute approximate surface area is 87.7 Å². The number of rotatable bonds is 1. The van der Waals surface area contributed by atoms with Crippen LogP contribution in [0.4, 0.5) is 0 Å². The molecule has 0 saturated carbocycles. The summed E-state index contributed by atoms with van der Waals surface area (Å²) in [6.45, 7) is 3.25. The van der Waals surface area contributed by atoms with Gasteiger partial charge in [0, 0.05) is 0 Å². The maximum Gasteiger partial charge on any atom is 1.00 e. The molecule has 0 unspecified atom stereocenters. The number of hydrogen-bond donors (Lipinski definition) is 0. The second-order valence-electron chi connectivity index (χ2n) is 1.41. The largest absolute Gasteiger partial charge is 1.00 e. The predicted octanol–water partition coefficient (Wildman–Crippen LogP) is -6.77. The molecule has 0 spiro atoms. The van der Waals surface area contributed by atoms with Crippen molar-refractivity contribution >= 4 is 5.97 Å². The SMILES string of the molecule is [CH2-]c1nc(C(=O)[O-])co1.[Li+].[Li+]. The van der Waals surface area contributed by atoms with Crippen LogP contribution in [0.2, 0.25) is 0 Å². The number of carbonyl (C=O) groups excluding carboxylic acids is 1. The Balaban J connectivity index is 0. The molecule has 0 amide bonds. The average Bonchev–Trinajstić information content (AvgIpc) is 2.14. The van der Waals surface area contributed by atoms with Crippen molar-refractivity contribution in [1.82, 2.24) is 4.98 Å². The van der Waals surface area contributed by atoms with Gasteiger partial charge < -0.3 is 21.2 Å². The van der Waals surface area contributed by atoms with Crippen LogP contribution in [0, 0.1) is 6.92 Å². The molecule has 0 aliphatic rings. The Morgan fingerprint density at radius 3 is 2.36 bits per heavy atom. The zero-order chi connectivity index (χ0) is 6.85. The van der Waals surface area contributed by atoms with Crippen LogP contribution in [0.1, 0.15) is 16.4 Å². The van der Waals surface area contributed by atoms with Gasteiger partial charge >= 0.3 is 37.7 Å². The quantitative estimate of drug-likeness (QED) is 0.286. The maximum absolute atomic E-state index is 9.95. The smallest absolute Gasteiger partial charge is 0.543 e. The van der Waals surface area contributed by atoms with E-state index in [2.05, 4.69) is 16.3 Å². The van der Waals surface area contributed by atoms with Crippen molar-refractivity contribution in [1.29, 1.82) is 0 Å². The third-order valence-corrected chi connectivity index (χ3v) is 0.761. The molecule has 1 rings (SSSR count). The summed E-state index contributed by atoms with van der Waals surface area (Å²) in [7, 11) is 0. The minimum Gasteiger partial charge on any atom is -0.543 e. The van der Waals surface area contributed by atoms with Crippen molar-refractivity contribution in [2.75, 3.05) is 0 Å². The number of carbonyl (C=O) groups is 1. The predicted molar refractivity (Wildman–Crippen MR) is 25.3 cm³/mol. The first-order valence-electron chi connectivity index (χ1n) is 2.19. The van der Waals surface area contributed by atoms with Gasteiger partial charge in [0.1, 0.15) is 12.0 Å². The van der Waals surface area contributed by atoms with Gasteiger partial charge in [-0.1, -0.05) is 0 Å². The minimum atomic E-state index is -1.35. The van der Waals surface area contributed by atoms with E-state index in [1.165, 1.54) is 0 Å². The van der Waals surface area contributed by atoms with Crippen molar-refractivity contribution < 1.29 is 52.0 Å². The standard InChI is InChI=1S/C5H4NO3.2Li/c1-3-6-4(2-9-3)5(7)8;;/h2H,1H2,(H,7,8);;/q-1;2*+1/p-1. The van der Waals surface area contributed by atoms with Crippen molar-refractivity contribution in [2.24, 2.45) is 0 Å². The van der Waals surface area contributed by atoms with Gasteiger partial charge in [-0.05, 0) is 0 Å². The molecule has 0 fully saturated rings. The fourth-order valence-electron chi connectivity index (χ4n) is 0.405. The number of nitrogens with zero attached hydrogens (tertiary/aromatic N) is 1. The Bertz CT molecular complexity index is 235. The van der Waals surface area contributed by atoms with E-state index in [1.54, 1.807) is 0 Å². The molecule has 0 aromatic carbocycles.